The zero-order chi connectivity index (χ0) is 13.3. The Morgan fingerprint density at radius 1 is 1.11 bits per heavy atom. The number of aliphatic hydroxyl groups is 1. The molecular weight excluding hydrogens is 274 g/mol. The van der Waals surface area contributed by atoms with E-state index in [4.69, 9.17) is 23.2 Å². The fourth-order valence-electron chi connectivity index (χ4n) is 1.72. The maximum Gasteiger partial charge on any atom is 0.130 e. The third kappa shape index (κ3) is 2.51. The molecule has 0 bridgehead atoms. The van der Waals surface area contributed by atoms with Crippen LogP contribution in [0.2, 0.25) is 10.0 Å². The number of aryl methyl sites for hydroxylation is 1. The molecule has 1 unspecified atom stereocenters. The van der Waals surface area contributed by atoms with Gasteiger partial charge in [-0.2, -0.15) is 0 Å². The first-order chi connectivity index (χ1) is 8.50. The third-order valence-electron chi connectivity index (χ3n) is 2.78. The Balaban J connectivity index is 2.48. The Kier molecular flexibility index (Phi) is 3.91. The minimum absolute atomic E-state index is 0.0686. The van der Waals surface area contributed by atoms with Gasteiger partial charge < -0.3 is 5.11 Å². The lowest BCUT2D eigenvalue weighted by atomic mass is 10.00. The first-order valence-electron chi connectivity index (χ1n) is 5.38. The van der Waals surface area contributed by atoms with E-state index in [1.807, 2.05) is 6.92 Å². The Hall–Kier alpha value is -1.09. The SMILES string of the molecule is Cc1ccc(C(O)c2c(F)cccc2Cl)cc1Cl. The van der Waals surface area contributed by atoms with E-state index in [9.17, 15) is 9.50 Å². The van der Waals surface area contributed by atoms with Gasteiger partial charge in [0.15, 0.2) is 0 Å². The number of benzene rings is 2. The molecule has 1 N–H and O–H groups in total. The van der Waals surface area contributed by atoms with Crippen LogP contribution in [-0.2, 0) is 0 Å². The van der Waals surface area contributed by atoms with E-state index in [1.54, 1.807) is 24.3 Å². The maximum absolute atomic E-state index is 13.7. The molecule has 0 amide bonds. The Morgan fingerprint density at radius 3 is 2.44 bits per heavy atom. The van der Waals surface area contributed by atoms with Gasteiger partial charge in [0.1, 0.15) is 11.9 Å². The van der Waals surface area contributed by atoms with Crippen molar-refractivity contribution in [3.63, 3.8) is 0 Å². The van der Waals surface area contributed by atoms with Crippen LogP contribution in [0, 0.1) is 12.7 Å². The molecule has 4 heteroatoms. The lowest BCUT2D eigenvalue weighted by Gasteiger charge is -2.14. The van der Waals surface area contributed by atoms with Gasteiger partial charge in [0.25, 0.3) is 0 Å². The van der Waals surface area contributed by atoms with E-state index < -0.39 is 11.9 Å². The van der Waals surface area contributed by atoms with Gasteiger partial charge in [0.2, 0.25) is 0 Å². The summed E-state index contributed by atoms with van der Waals surface area (Å²) in [6.45, 7) is 1.86. The van der Waals surface area contributed by atoms with Gasteiger partial charge >= 0.3 is 0 Å². The number of rotatable bonds is 2. The third-order valence-corrected chi connectivity index (χ3v) is 3.52. The van der Waals surface area contributed by atoms with Crippen molar-refractivity contribution >= 4 is 23.2 Å². The molecule has 1 atom stereocenters. The second-order valence-electron chi connectivity index (χ2n) is 4.05. The molecule has 0 spiro atoms. The van der Waals surface area contributed by atoms with E-state index in [1.165, 1.54) is 12.1 Å². The molecule has 0 heterocycles. The normalized spacial score (nSPS) is 12.5. The van der Waals surface area contributed by atoms with Crippen LogP contribution in [0.25, 0.3) is 0 Å². The largest absolute Gasteiger partial charge is 0.383 e. The number of hydrogen-bond acceptors (Lipinski definition) is 1. The molecule has 0 radical (unpaired) electrons. The maximum atomic E-state index is 13.7. The van der Waals surface area contributed by atoms with Crippen LogP contribution in [0.5, 0.6) is 0 Å². The quantitative estimate of drug-likeness (QED) is 0.860. The van der Waals surface area contributed by atoms with Crippen molar-refractivity contribution in [1.29, 1.82) is 0 Å². The topological polar surface area (TPSA) is 20.2 Å². The van der Waals surface area contributed by atoms with Crippen LogP contribution in [0.4, 0.5) is 4.39 Å². The highest BCUT2D eigenvalue weighted by Crippen LogP contribution is 2.32. The van der Waals surface area contributed by atoms with Crippen LogP contribution in [0.3, 0.4) is 0 Å². The lowest BCUT2D eigenvalue weighted by molar-refractivity contribution is 0.215. The fraction of sp³-hybridized carbons (Fsp3) is 0.143. The number of hydrogen-bond donors (Lipinski definition) is 1. The molecule has 0 aliphatic heterocycles. The molecule has 0 fully saturated rings. The van der Waals surface area contributed by atoms with Gasteiger partial charge in [-0.15, -0.1) is 0 Å². The van der Waals surface area contributed by atoms with Crippen molar-refractivity contribution in [3.05, 3.63) is 69.0 Å². The van der Waals surface area contributed by atoms with Crippen LogP contribution >= 0.6 is 23.2 Å². The molecule has 0 aliphatic rings. The zero-order valence-electron chi connectivity index (χ0n) is 9.62. The number of halogens is 3. The van der Waals surface area contributed by atoms with E-state index in [0.717, 1.165) is 5.56 Å². The van der Waals surface area contributed by atoms with Gasteiger partial charge in [-0.05, 0) is 36.2 Å². The molecule has 0 saturated heterocycles. The predicted molar refractivity (Wildman–Crippen MR) is 71.7 cm³/mol. The molecule has 18 heavy (non-hydrogen) atoms. The van der Waals surface area contributed by atoms with Crippen molar-refractivity contribution in [2.45, 2.75) is 13.0 Å². The first kappa shape index (κ1) is 13.3. The minimum Gasteiger partial charge on any atom is -0.383 e. The average Bonchev–Trinajstić information content (AvgIpc) is 2.32. The van der Waals surface area contributed by atoms with Crippen LogP contribution in [0.15, 0.2) is 36.4 Å². The summed E-state index contributed by atoms with van der Waals surface area (Å²) in [6, 6.07) is 9.39. The molecule has 2 aromatic rings. The molecular formula is C14H11Cl2FO. The molecule has 2 rings (SSSR count). The van der Waals surface area contributed by atoms with Crippen LogP contribution in [-0.4, -0.2) is 5.11 Å². The monoisotopic (exact) mass is 284 g/mol. The highest BCUT2D eigenvalue weighted by atomic mass is 35.5. The number of aliphatic hydroxyl groups excluding tert-OH is 1. The smallest absolute Gasteiger partial charge is 0.130 e. The lowest BCUT2D eigenvalue weighted by Crippen LogP contribution is -2.03. The summed E-state index contributed by atoms with van der Waals surface area (Å²) in [5.41, 5.74) is 1.48. The van der Waals surface area contributed by atoms with Crippen molar-refractivity contribution < 1.29 is 9.50 Å². The Bertz CT molecular complexity index is 564. The van der Waals surface area contributed by atoms with Crippen molar-refractivity contribution in [2.75, 3.05) is 0 Å². The second-order valence-corrected chi connectivity index (χ2v) is 4.86. The van der Waals surface area contributed by atoms with Gasteiger partial charge in [-0.1, -0.05) is 41.4 Å². The standard InChI is InChI=1S/C14H11Cl2FO/c1-8-5-6-9(7-11(8)16)14(18)13-10(15)3-2-4-12(13)17/h2-7,14,18H,1H3. The van der Waals surface area contributed by atoms with Crippen molar-refractivity contribution in [2.24, 2.45) is 0 Å². The molecule has 2 aromatic carbocycles. The van der Waals surface area contributed by atoms with Crippen LogP contribution in [0.1, 0.15) is 22.8 Å². The summed E-state index contributed by atoms with van der Waals surface area (Å²) in [6.07, 6.45) is -1.13. The summed E-state index contributed by atoms with van der Waals surface area (Å²) in [7, 11) is 0. The second kappa shape index (κ2) is 5.27. The minimum atomic E-state index is -1.13. The van der Waals surface area contributed by atoms with E-state index in [2.05, 4.69) is 0 Å². The molecule has 1 nitrogen and oxygen atoms in total. The highest BCUT2D eigenvalue weighted by molar-refractivity contribution is 6.31. The van der Waals surface area contributed by atoms with Gasteiger partial charge in [0, 0.05) is 15.6 Å². The van der Waals surface area contributed by atoms with Gasteiger partial charge in [-0.3, -0.25) is 0 Å². The van der Waals surface area contributed by atoms with E-state index >= 15 is 0 Å². The predicted octanol–water partition coefficient (Wildman–Crippen LogP) is 4.52. The molecule has 94 valence electrons. The van der Waals surface area contributed by atoms with E-state index in [0.29, 0.717) is 10.6 Å². The van der Waals surface area contributed by atoms with E-state index in [-0.39, 0.29) is 10.6 Å². The fourth-order valence-corrected chi connectivity index (χ4v) is 2.17. The Morgan fingerprint density at radius 2 is 1.83 bits per heavy atom. The average molecular weight is 285 g/mol. The molecule has 0 saturated carbocycles. The summed E-state index contributed by atoms with van der Waals surface area (Å²) < 4.78 is 13.7. The first-order valence-corrected chi connectivity index (χ1v) is 6.14. The summed E-state index contributed by atoms with van der Waals surface area (Å²) in [5.74, 6) is -0.535. The molecule has 0 aromatic heterocycles. The summed E-state index contributed by atoms with van der Waals surface area (Å²) in [4.78, 5) is 0. The Labute approximate surface area is 115 Å². The van der Waals surface area contributed by atoms with Crippen LogP contribution < -0.4 is 0 Å². The van der Waals surface area contributed by atoms with Gasteiger partial charge in [-0.25, -0.2) is 4.39 Å². The summed E-state index contributed by atoms with van der Waals surface area (Å²) >= 11 is 11.9. The molecule has 0 aliphatic carbocycles. The van der Waals surface area contributed by atoms with Gasteiger partial charge in [0.05, 0.1) is 0 Å². The summed E-state index contributed by atoms with van der Waals surface area (Å²) in [5, 5.41) is 10.9. The van der Waals surface area contributed by atoms with Crippen molar-refractivity contribution in [1.82, 2.24) is 0 Å². The zero-order valence-corrected chi connectivity index (χ0v) is 11.1. The highest BCUT2D eigenvalue weighted by Gasteiger charge is 2.18. The van der Waals surface area contributed by atoms with Crippen molar-refractivity contribution in [3.8, 4) is 0 Å².